The van der Waals surface area contributed by atoms with Gasteiger partial charge < -0.3 is 15.6 Å². The summed E-state index contributed by atoms with van der Waals surface area (Å²) in [4.78, 5) is 11.5. The average molecular weight is 371 g/mol. The third-order valence-electron chi connectivity index (χ3n) is 4.29. The number of halogens is 4. The predicted molar refractivity (Wildman–Crippen MR) is 84.5 cm³/mol. The Hall–Kier alpha value is -2.42. The Morgan fingerprint density at radius 3 is 2.65 bits per heavy atom. The maximum Gasteiger partial charge on any atom is 0.419 e. The van der Waals surface area contributed by atoms with Gasteiger partial charge in [0, 0.05) is 17.7 Å². The summed E-state index contributed by atoms with van der Waals surface area (Å²) in [7, 11) is 0. The number of aromatic nitrogens is 1. The molecule has 0 bridgehead atoms. The van der Waals surface area contributed by atoms with Crippen LogP contribution in [0.15, 0.2) is 22.7 Å². The van der Waals surface area contributed by atoms with Gasteiger partial charge in [-0.15, -0.1) is 0 Å². The molecule has 3 rings (SSSR count). The first-order valence-corrected chi connectivity index (χ1v) is 8.13. The monoisotopic (exact) mass is 371 g/mol. The molecule has 0 aliphatic heterocycles. The van der Waals surface area contributed by atoms with Crippen LogP contribution in [0, 0.1) is 11.7 Å². The summed E-state index contributed by atoms with van der Waals surface area (Å²) in [6.45, 7) is 0.890. The molecule has 0 radical (unpaired) electrons. The Balaban J connectivity index is 1.86. The van der Waals surface area contributed by atoms with Crippen LogP contribution in [0.25, 0.3) is 11.3 Å². The number of carbonyl (C=O) groups is 1. The summed E-state index contributed by atoms with van der Waals surface area (Å²) in [6, 6.07) is 2.41. The highest BCUT2D eigenvalue weighted by Crippen LogP contribution is 2.35. The fourth-order valence-corrected chi connectivity index (χ4v) is 2.71. The number of benzene rings is 1. The van der Waals surface area contributed by atoms with E-state index >= 15 is 0 Å². The van der Waals surface area contributed by atoms with Crippen LogP contribution in [-0.4, -0.2) is 17.6 Å². The van der Waals surface area contributed by atoms with E-state index in [1.165, 1.54) is 12.8 Å². The van der Waals surface area contributed by atoms with Crippen molar-refractivity contribution >= 4 is 5.91 Å². The van der Waals surface area contributed by atoms with Crippen molar-refractivity contribution in [2.45, 2.75) is 32.0 Å². The van der Waals surface area contributed by atoms with E-state index < -0.39 is 23.5 Å². The fourth-order valence-electron chi connectivity index (χ4n) is 2.71. The van der Waals surface area contributed by atoms with Crippen molar-refractivity contribution in [2.24, 2.45) is 11.7 Å². The zero-order valence-corrected chi connectivity index (χ0v) is 13.7. The van der Waals surface area contributed by atoms with Gasteiger partial charge in [0.2, 0.25) is 0 Å². The number of amides is 1. The lowest BCUT2D eigenvalue weighted by molar-refractivity contribution is -0.139. The Morgan fingerprint density at radius 1 is 1.35 bits per heavy atom. The van der Waals surface area contributed by atoms with Gasteiger partial charge >= 0.3 is 6.18 Å². The van der Waals surface area contributed by atoms with E-state index in [-0.39, 0.29) is 23.6 Å². The molecule has 5 nitrogen and oxygen atoms in total. The van der Waals surface area contributed by atoms with Crippen LogP contribution in [0.3, 0.4) is 0 Å². The second-order valence-corrected chi connectivity index (χ2v) is 6.30. The van der Waals surface area contributed by atoms with Crippen LogP contribution in [0.1, 0.15) is 40.9 Å². The van der Waals surface area contributed by atoms with Crippen LogP contribution in [0.4, 0.5) is 17.6 Å². The van der Waals surface area contributed by atoms with Gasteiger partial charge in [-0.3, -0.25) is 4.79 Å². The van der Waals surface area contributed by atoms with Gasteiger partial charge in [-0.05, 0) is 31.0 Å². The molecule has 26 heavy (non-hydrogen) atoms. The smallest absolute Gasteiger partial charge is 0.364 e. The molecule has 1 aliphatic carbocycles. The molecule has 1 aromatic carbocycles. The molecule has 0 spiro atoms. The molecule has 3 N–H and O–H groups in total. The van der Waals surface area contributed by atoms with Crippen LogP contribution in [0.5, 0.6) is 0 Å². The van der Waals surface area contributed by atoms with E-state index in [1.807, 2.05) is 0 Å². The first-order chi connectivity index (χ1) is 12.3. The highest BCUT2D eigenvalue weighted by atomic mass is 19.4. The summed E-state index contributed by atoms with van der Waals surface area (Å²) in [6.07, 6.45) is -1.40. The normalized spacial score (nSPS) is 14.6. The third kappa shape index (κ3) is 4.04. The lowest BCUT2D eigenvalue weighted by Gasteiger charge is -2.09. The molecule has 1 fully saturated rings. The molecular formula is C17H17F4N3O2. The molecular weight excluding hydrogens is 354 g/mol. The maximum absolute atomic E-state index is 13.8. The minimum atomic E-state index is -4.80. The van der Waals surface area contributed by atoms with Crippen molar-refractivity contribution < 1.29 is 26.9 Å². The Labute approximate surface area is 146 Å². The van der Waals surface area contributed by atoms with E-state index in [0.29, 0.717) is 30.2 Å². The zero-order valence-electron chi connectivity index (χ0n) is 13.7. The lowest BCUT2D eigenvalue weighted by Crippen LogP contribution is -2.20. The summed E-state index contributed by atoms with van der Waals surface area (Å²) >= 11 is 0. The van der Waals surface area contributed by atoms with Crippen molar-refractivity contribution in [1.82, 2.24) is 10.5 Å². The molecule has 2 aromatic rings. The van der Waals surface area contributed by atoms with Crippen molar-refractivity contribution in [3.63, 3.8) is 0 Å². The number of hydrogen-bond acceptors (Lipinski definition) is 4. The van der Waals surface area contributed by atoms with Gasteiger partial charge in [-0.1, -0.05) is 24.1 Å². The number of nitrogens with one attached hydrogen (secondary N) is 1. The molecule has 140 valence electrons. The number of primary amides is 1. The van der Waals surface area contributed by atoms with Crippen molar-refractivity contribution in [3.8, 4) is 11.3 Å². The highest BCUT2D eigenvalue weighted by molar-refractivity contribution is 5.93. The predicted octanol–water partition coefficient (Wildman–Crippen LogP) is 3.49. The summed E-state index contributed by atoms with van der Waals surface area (Å²) in [5, 5.41) is 6.72. The fraction of sp³-hybridized carbons (Fsp3) is 0.412. The number of alkyl halides is 3. The second kappa shape index (κ2) is 7.06. The molecule has 1 aliphatic rings. The SMILES string of the molecule is NC(=O)c1noc(-c2ccc(C(F)(F)F)c(F)c2)c1CNCCC1CC1. The molecule has 0 atom stereocenters. The number of nitrogens with zero attached hydrogens (tertiary/aromatic N) is 1. The van der Waals surface area contributed by atoms with Crippen molar-refractivity contribution in [1.29, 1.82) is 0 Å². The number of hydrogen-bond donors (Lipinski definition) is 2. The summed E-state index contributed by atoms with van der Waals surface area (Å²) in [5.74, 6) is -1.53. The maximum atomic E-state index is 13.8. The van der Waals surface area contributed by atoms with E-state index in [2.05, 4.69) is 10.5 Å². The summed E-state index contributed by atoms with van der Waals surface area (Å²) in [5.41, 5.74) is 4.12. The number of nitrogens with two attached hydrogens (primary N) is 1. The largest absolute Gasteiger partial charge is 0.419 e. The Morgan fingerprint density at radius 2 is 2.08 bits per heavy atom. The summed E-state index contributed by atoms with van der Waals surface area (Å²) < 4.78 is 57.0. The van der Waals surface area contributed by atoms with Crippen LogP contribution >= 0.6 is 0 Å². The molecule has 1 aromatic heterocycles. The Kier molecular flexibility index (Phi) is 4.99. The van der Waals surface area contributed by atoms with E-state index in [9.17, 15) is 22.4 Å². The van der Waals surface area contributed by atoms with E-state index in [4.69, 9.17) is 10.3 Å². The first-order valence-electron chi connectivity index (χ1n) is 8.13. The van der Waals surface area contributed by atoms with Gasteiger partial charge in [0.05, 0.1) is 5.56 Å². The van der Waals surface area contributed by atoms with E-state index in [1.54, 1.807) is 0 Å². The van der Waals surface area contributed by atoms with Crippen LogP contribution in [0.2, 0.25) is 0 Å². The van der Waals surface area contributed by atoms with Crippen LogP contribution in [-0.2, 0) is 12.7 Å². The van der Waals surface area contributed by atoms with Gasteiger partial charge in [0.15, 0.2) is 11.5 Å². The minimum Gasteiger partial charge on any atom is -0.364 e. The topological polar surface area (TPSA) is 81.2 Å². The number of carbonyl (C=O) groups excluding carboxylic acids is 1. The zero-order chi connectivity index (χ0) is 18.9. The van der Waals surface area contributed by atoms with E-state index in [0.717, 1.165) is 12.5 Å². The average Bonchev–Trinajstić information content (AvgIpc) is 3.27. The quantitative estimate of drug-likeness (QED) is 0.577. The van der Waals surface area contributed by atoms with Crippen LogP contribution < -0.4 is 11.1 Å². The molecule has 0 unspecified atom stereocenters. The van der Waals surface area contributed by atoms with Gasteiger partial charge in [-0.25, -0.2) is 4.39 Å². The van der Waals surface area contributed by atoms with Gasteiger partial charge in [0.1, 0.15) is 5.82 Å². The molecule has 9 heteroatoms. The third-order valence-corrected chi connectivity index (χ3v) is 4.29. The number of rotatable bonds is 7. The Bertz CT molecular complexity index is 813. The molecule has 1 saturated carbocycles. The molecule has 0 saturated heterocycles. The first kappa shape index (κ1) is 18.4. The highest BCUT2D eigenvalue weighted by Gasteiger charge is 2.34. The molecule has 1 amide bonds. The minimum absolute atomic E-state index is 0.0188. The van der Waals surface area contributed by atoms with Crippen molar-refractivity contribution in [2.75, 3.05) is 6.54 Å². The molecule has 1 heterocycles. The van der Waals surface area contributed by atoms with Crippen molar-refractivity contribution in [3.05, 3.63) is 40.8 Å². The second-order valence-electron chi connectivity index (χ2n) is 6.30. The van der Waals surface area contributed by atoms with Gasteiger partial charge in [0.25, 0.3) is 5.91 Å². The standard InChI is InChI=1S/C17H17F4N3O2/c18-13-7-10(3-4-12(13)17(19,20)21)15-11(14(16(22)25)24-26-15)8-23-6-5-9-1-2-9/h3-4,7,9,23H,1-2,5-6,8H2,(H2,22,25). The van der Waals surface area contributed by atoms with Gasteiger partial charge in [-0.2, -0.15) is 13.2 Å². The lowest BCUT2D eigenvalue weighted by atomic mass is 10.0.